The molecule has 126 valence electrons. The van der Waals surface area contributed by atoms with Crippen LogP contribution in [-0.2, 0) is 4.79 Å². The normalized spacial score (nSPS) is 17.3. The van der Waals surface area contributed by atoms with Gasteiger partial charge < -0.3 is 10.2 Å². The molecule has 0 spiro atoms. The minimum atomic E-state index is -0.440. The molecule has 2 aromatic rings. The second-order valence-electron chi connectivity index (χ2n) is 5.77. The van der Waals surface area contributed by atoms with Crippen LogP contribution in [0.4, 0.5) is 4.79 Å². The van der Waals surface area contributed by atoms with E-state index in [1.807, 2.05) is 67.6 Å². The second-order valence-corrected chi connectivity index (χ2v) is 5.77. The fraction of sp³-hybridized carbons (Fsp3) is 0.143. The number of allylic oxidation sites excluding steroid dienone is 1. The number of amides is 2. The Kier molecular flexibility index (Phi) is 5.09. The number of urea groups is 1. The summed E-state index contributed by atoms with van der Waals surface area (Å²) >= 11 is 0. The zero-order chi connectivity index (χ0) is 17.6. The molecule has 0 fully saturated rings. The highest BCUT2D eigenvalue weighted by molar-refractivity contribution is 6.08. The van der Waals surface area contributed by atoms with Crippen molar-refractivity contribution >= 4 is 17.9 Å². The summed E-state index contributed by atoms with van der Waals surface area (Å²) in [6.45, 7) is 2.38. The fourth-order valence-corrected chi connectivity index (χ4v) is 2.77. The Morgan fingerprint density at radius 2 is 1.72 bits per heavy atom. The average Bonchev–Trinajstić information content (AvgIpc) is 2.67. The van der Waals surface area contributed by atoms with Gasteiger partial charge >= 0.3 is 6.03 Å². The maximum Gasteiger partial charge on any atom is 0.322 e. The van der Waals surface area contributed by atoms with Gasteiger partial charge in [-0.05, 0) is 24.1 Å². The summed E-state index contributed by atoms with van der Waals surface area (Å²) < 4.78 is 0. The Bertz CT molecular complexity index is 810. The van der Waals surface area contributed by atoms with E-state index >= 15 is 0 Å². The third-order valence-electron chi connectivity index (χ3n) is 4.12. The van der Waals surface area contributed by atoms with Crippen molar-refractivity contribution in [1.82, 2.24) is 10.2 Å². The first-order chi connectivity index (χ1) is 12.2. The molecule has 1 atom stereocenters. The Balaban J connectivity index is 1.92. The predicted molar refractivity (Wildman–Crippen MR) is 98.7 cm³/mol. The van der Waals surface area contributed by atoms with Crippen LogP contribution in [0, 0.1) is 0 Å². The van der Waals surface area contributed by atoms with E-state index in [1.165, 1.54) is 4.90 Å². The Hall–Kier alpha value is -3.14. The standard InChI is InChI=1S/C21H20N2O2/c1-2-23-15-18(19(24)14-13-16-9-5-3-6-10-16)20(22-21(23)25)17-11-7-4-8-12-17/h3-15,20H,2H2,1H3,(H,22,25)/b14-13+/t20-/m0/s1. The van der Waals surface area contributed by atoms with Crippen LogP contribution in [0.2, 0.25) is 0 Å². The number of carbonyl (C=O) groups excluding carboxylic acids is 2. The number of nitrogens with zero attached hydrogens (tertiary/aromatic N) is 1. The molecular weight excluding hydrogens is 312 g/mol. The maximum absolute atomic E-state index is 12.8. The van der Waals surface area contributed by atoms with Crippen molar-refractivity contribution in [2.45, 2.75) is 13.0 Å². The minimum Gasteiger partial charge on any atom is -0.327 e. The maximum atomic E-state index is 12.8. The van der Waals surface area contributed by atoms with Crippen LogP contribution in [0.25, 0.3) is 6.08 Å². The molecule has 1 aliphatic rings. The first-order valence-corrected chi connectivity index (χ1v) is 8.30. The zero-order valence-corrected chi connectivity index (χ0v) is 14.1. The average molecular weight is 332 g/mol. The highest BCUT2D eigenvalue weighted by Gasteiger charge is 2.29. The lowest BCUT2D eigenvalue weighted by molar-refractivity contribution is -0.111. The molecule has 25 heavy (non-hydrogen) atoms. The lowest BCUT2D eigenvalue weighted by Gasteiger charge is -2.31. The van der Waals surface area contributed by atoms with Gasteiger partial charge in [0.25, 0.3) is 0 Å². The van der Waals surface area contributed by atoms with E-state index in [9.17, 15) is 9.59 Å². The van der Waals surface area contributed by atoms with Crippen molar-refractivity contribution in [3.05, 3.63) is 89.6 Å². The number of rotatable bonds is 5. The van der Waals surface area contributed by atoms with Crippen molar-refractivity contribution in [2.24, 2.45) is 0 Å². The molecule has 2 amide bonds. The number of carbonyl (C=O) groups is 2. The van der Waals surface area contributed by atoms with Gasteiger partial charge in [0.15, 0.2) is 5.78 Å². The summed E-state index contributed by atoms with van der Waals surface area (Å²) in [5.74, 6) is -0.115. The van der Waals surface area contributed by atoms with Crippen LogP contribution in [-0.4, -0.2) is 23.3 Å². The van der Waals surface area contributed by atoms with E-state index in [-0.39, 0.29) is 11.8 Å². The van der Waals surface area contributed by atoms with Gasteiger partial charge in [-0.1, -0.05) is 66.7 Å². The molecule has 1 aliphatic heterocycles. The topological polar surface area (TPSA) is 49.4 Å². The zero-order valence-electron chi connectivity index (χ0n) is 14.1. The first-order valence-electron chi connectivity index (χ1n) is 8.30. The van der Waals surface area contributed by atoms with Crippen molar-refractivity contribution in [3.8, 4) is 0 Å². The molecule has 4 heteroatoms. The van der Waals surface area contributed by atoms with E-state index in [1.54, 1.807) is 18.4 Å². The summed E-state index contributed by atoms with van der Waals surface area (Å²) in [5, 5.41) is 2.93. The van der Waals surface area contributed by atoms with Gasteiger partial charge in [-0.15, -0.1) is 0 Å². The van der Waals surface area contributed by atoms with Gasteiger partial charge in [0.05, 0.1) is 6.04 Å². The lowest BCUT2D eigenvalue weighted by atomic mass is 9.94. The molecule has 3 rings (SSSR count). The highest BCUT2D eigenvalue weighted by Crippen LogP contribution is 2.27. The quantitative estimate of drug-likeness (QED) is 0.843. The highest BCUT2D eigenvalue weighted by atomic mass is 16.2. The molecule has 0 saturated heterocycles. The van der Waals surface area contributed by atoms with E-state index in [0.717, 1.165) is 11.1 Å². The SMILES string of the molecule is CCN1C=C(C(=O)/C=C/c2ccccc2)[C@H](c2ccccc2)NC1=O. The summed E-state index contributed by atoms with van der Waals surface area (Å²) in [6, 6.07) is 18.6. The number of ketones is 1. The number of nitrogens with one attached hydrogen (secondary N) is 1. The van der Waals surface area contributed by atoms with Crippen LogP contribution in [0.5, 0.6) is 0 Å². The lowest BCUT2D eigenvalue weighted by Crippen LogP contribution is -2.44. The van der Waals surface area contributed by atoms with Gasteiger partial charge in [0.1, 0.15) is 0 Å². The van der Waals surface area contributed by atoms with Gasteiger partial charge in [0.2, 0.25) is 0 Å². The first kappa shape index (κ1) is 16.7. The third kappa shape index (κ3) is 3.86. The number of hydrogen-bond acceptors (Lipinski definition) is 2. The van der Waals surface area contributed by atoms with Crippen molar-refractivity contribution in [1.29, 1.82) is 0 Å². The Morgan fingerprint density at radius 1 is 1.08 bits per heavy atom. The van der Waals surface area contributed by atoms with Crippen molar-refractivity contribution < 1.29 is 9.59 Å². The molecule has 4 nitrogen and oxygen atoms in total. The summed E-state index contributed by atoms with van der Waals surface area (Å²) in [6.07, 6.45) is 5.01. The molecule has 1 N–H and O–H groups in total. The van der Waals surface area contributed by atoms with Gasteiger partial charge in [-0.3, -0.25) is 4.79 Å². The van der Waals surface area contributed by atoms with Crippen LogP contribution in [0.15, 0.2) is 78.5 Å². The van der Waals surface area contributed by atoms with E-state index in [4.69, 9.17) is 0 Å². The summed E-state index contributed by atoms with van der Waals surface area (Å²) in [4.78, 5) is 26.5. The third-order valence-corrected chi connectivity index (χ3v) is 4.12. The van der Waals surface area contributed by atoms with Crippen molar-refractivity contribution in [3.63, 3.8) is 0 Å². The molecular formula is C21H20N2O2. The predicted octanol–water partition coefficient (Wildman–Crippen LogP) is 3.94. The smallest absolute Gasteiger partial charge is 0.322 e. The molecule has 0 aromatic heterocycles. The van der Waals surface area contributed by atoms with Crippen LogP contribution in [0.3, 0.4) is 0 Å². The monoisotopic (exact) mass is 332 g/mol. The molecule has 0 radical (unpaired) electrons. The fourth-order valence-electron chi connectivity index (χ4n) is 2.77. The van der Waals surface area contributed by atoms with Gasteiger partial charge in [-0.25, -0.2) is 4.79 Å². The minimum absolute atomic E-state index is 0.115. The van der Waals surface area contributed by atoms with E-state index < -0.39 is 6.04 Å². The number of benzene rings is 2. The number of hydrogen-bond donors (Lipinski definition) is 1. The van der Waals surface area contributed by atoms with Crippen LogP contribution < -0.4 is 5.32 Å². The van der Waals surface area contributed by atoms with Gasteiger partial charge in [0, 0.05) is 18.3 Å². The Morgan fingerprint density at radius 3 is 2.36 bits per heavy atom. The Labute approximate surface area is 147 Å². The molecule has 0 bridgehead atoms. The van der Waals surface area contributed by atoms with Crippen LogP contribution >= 0.6 is 0 Å². The largest absolute Gasteiger partial charge is 0.327 e. The molecule has 2 aromatic carbocycles. The molecule has 0 saturated carbocycles. The van der Waals surface area contributed by atoms with E-state index in [2.05, 4.69) is 5.32 Å². The molecule has 0 aliphatic carbocycles. The second kappa shape index (κ2) is 7.62. The molecule has 0 unspecified atom stereocenters. The van der Waals surface area contributed by atoms with Crippen LogP contribution in [0.1, 0.15) is 24.1 Å². The van der Waals surface area contributed by atoms with Gasteiger partial charge in [-0.2, -0.15) is 0 Å². The van der Waals surface area contributed by atoms with Crippen molar-refractivity contribution in [2.75, 3.05) is 6.54 Å². The summed E-state index contributed by atoms with van der Waals surface area (Å²) in [7, 11) is 0. The molecule has 1 heterocycles. The van der Waals surface area contributed by atoms with E-state index in [0.29, 0.717) is 12.1 Å². The summed E-state index contributed by atoms with van der Waals surface area (Å²) in [5.41, 5.74) is 2.40.